The molecule has 6 nitrogen and oxygen atoms in total. The molecule has 0 spiro atoms. The van der Waals surface area contributed by atoms with Crippen molar-refractivity contribution in [2.24, 2.45) is 0 Å². The van der Waals surface area contributed by atoms with Gasteiger partial charge in [-0.1, -0.05) is 18.2 Å². The largest absolute Gasteiger partial charge is 0.480 e. The second kappa shape index (κ2) is 5.78. The average molecular weight is 318 g/mol. The van der Waals surface area contributed by atoms with Gasteiger partial charge in [0.05, 0.1) is 0 Å². The van der Waals surface area contributed by atoms with Crippen LogP contribution in [0.3, 0.4) is 0 Å². The van der Waals surface area contributed by atoms with E-state index in [1.807, 2.05) is 0 Å². The molecular weight excluding hydrogens is 306 g/mol. The predicted molar refractivity (Wildman–Crippen MR) is 71.5 cm³/mol. The summed E-state index contributed by atoms with van der Waals surface area (Å²) in [6.45, 7) is 0. The average Bonchev–Trinajstić information content (AvgIpc) is 2.81. The zero-order valence-electron chi connectivity index (χ0n) is 10.6. The summed E-state index contributed by atoms with van der Waals surface area (Å²) in [6, 6.07) is 5.33. The summed E-state index contributed by atoms with van der Waals surface area (Å²) in [4.78, 5) is 14.0. The molecule has 21 heavy (non-hydrogen) atoms. The highest BCUT2D eigenvalue weighted by Crippen LogP contribution is 2.19. The first-order chi connectivity index (χ1) is 9.81. The van der Waals surface area contributed by atoms with Crippen molar-refractivity contribution in [3.8, 4) is 0 Å². The zero-order valence-corrected chi connectivity index (χ0v) is 11.4. The highest BCUT2D eigenvalue weighted by molar-refractivity contribution is 7.89. The number of sulfonamides is 1. The highest BCUT2D eigenvalue weighted by atomic mass is 32.2. The van der Waals surface area contributed by atoms with E-state index in [0.717, 1.165) is 5.52 Å². The third-order valence-corrected chi connectivity index (χ3v) is 4.02. The van der Waals surface area contributed by atoms with E-state index in [0.29, 0.717) is 10.9 Å². The minimum absolute atomic E-state index is 0.245. The first kappa shape index (κ1) is 15.4. The number of carbonyl (C=O) groups is 1. The third-order valence-electron chi connectivity index (χ3n) is 2.94. The Morgan fingerprint density at radius 3 is 2.62 bits per heavy atom. The summed E-state index contributed by atoms with van der Waals surface area (Å²) in [5.74, 6) is -5.20. The Kier molecular flexibility index (Phi) is 4.24. The number of aromatic nitrogens is 1. The van der Waals surface area contributed by atoms with Gasteiger partial charge in [-0.15, -0.1) is 0 Å². The number of nitrogens with one attached hydrogen (secondary N) is 2. The van der Waals surface area contributed by atoms with Crippen LogP contribution in [-0.4, -0.2) is 36.3 Å². The topological polar surface area (TPSA) is 99.3 Å². The molecule has 0 aliphatic rings. The third kappa shape index (κ3) is 3.37. The Morgan fingerprint density at radius 2 is 2.00 bits per heavy atom. The molecule has 0 saturated heterocycles. The molecule has 0 saturated carbocycles. The molecule has 1 atom stereocenters. The number of benzene rings is 1. The van der Waals surface area contributed by atoms with Crippen molar-refractivity contribution in [1.29, 1.82) is 0 Å². The Balaban J connectivity index is 2.27. The Labute approximate surface area is 118 Å². The van der Waals surface area contributed by atoms with Crippen LogP contribution in [0.15, 0.2) is 30.5 Å². The van der Waals surface area contributed by atoms with E-state index in [9.17, 15) is 22.0 Å². The quantitative estimate of drug-likeness (QED) is 0.747. The van der Waals surface area contributed by atoms with Crippen LogP contribution in [0.1, 0.15) is 5.56 Å². The zero-order chi connectivity index (χ0) is 15.6. The molecule has 3 N–H and O–H groups in total. The van der Waals surface area contributed by atoms with Crippen LogP contribution in [0.2, 0.25) is 0 Å². The van der Waals surface area contributed by atoms with Gasteiger partial charge in [-0.2, -0.15) is 13.5 Å². The molecule has 0 fully saturated rings. The van der Waals surface area contributed by atoms with Gasteiger partial charge in [0.25, 0.3) is 10.0 Å². The lowest BCUT2D eigenvalue weighted by molar-refractivity contribution is -0.138. The molecule has 1 aromatic carbocycles. The number of carboxylic acids is 1. The first-order valence-corrected chi connectivity index (χ1v) is 7.43. The number of fused-ring (bicyclic) bond motifs is 1. The molecule has 0 amide bonds. The Hall–Kier alpha value is -2.00. The fourth-order valence-electron chi connectivity index (χ4n) is 1.95. The van der Waals surface area contributed by atoms with Gasteiger partial charge in [-0.05, 0) is 11.6 Å². The van der Waals surface area contributed by atoms with E-state index >= 15 is 0 Å². The van der Waals surface area contributed by atoms with Gasteiger partial charge in [0.15, 0.2) is 0 Å². The molecule has 0 aliphatic carbocycles. The molecule has 0 bridgehead atoms. The van der Waals surface area contributed by atoms with Gasteiger partial charge < -0.3 is 10.1 Å². The minimum Gasteiger partial charge on any atom is -0.480 e. The van der Waals surface area contributed by atoms with Crippen molar-refractivity contribution in [3.05, 3.63) is 36.0 Å². The second-order valence-corrected chi connectivity index (χ2v) is 6.06. The Morgan fingerprint density at radius 1 is 1.33 bits per heavy atom. The molecule has 1 aromatic heterocycles. The maximum Gasteiger partial charge on any atom is 0.350 e. The normalized spacial score (nSPS) is 13.7. The van der Waals surface area contributed by atoms with Crippen LogP contribution in [0.5, 0.6) is 0 Å². The first-order valence-electron chi connectivity index (χ1n) is 5.88. The number of hydrogen-bond donors (Lipinski definition) is 3. The summed E-state index contributed by atoms with van der Waals surface area (Å²) in [5, 5.41) is 9.72. The molecule has 0 aliphatic heterocycles. The van der Waals surface area contributed by atoms with Crippen molar-refractivity contribution >= 4 is 26.9 Å². The number of alkyl halides is 2. The van der Waals surface area contributed by atoms with E-state index in [-0.39, 0.29) is 6.42 Å². The molecular formula is C12H12F2N2O4S. The number of H-pyrrole nitrogens is 1. The highest BCUT2D eigenvalue weighted by Gasteiger charge is 2.31. The molecule has 1 heterocycles. The van der Waals surface area contributed by atoms with E-state index in [1.54, 1.807) is 24.3 Å². The van der Waals surface area contributed by atoms with Crippen molar-refractivity contribution in [1.82, 2.24) is 9.71 Å². The van der Waals surface area contributed by atoms with Crippen LogP contribution < -0.4 is 4.72 Å². The fraction of sp³-hybridized carbons (Fsp3) is 0.250. The van der Waals surface area contributed by atoms with Crippen molar-refractivity contribution < 1.29 is 27.1 Å². The fourth-order valence-corrected chi connectivity index (χ4v) is 2.63. The van der Waals surface area contributed by atoms with Crippen molar-refractivity contribution in [2.75, 3.05) is 0 Å². The number of carboxylic acid groups (broad SMARTS) is 1. The number of halogens is 2. The summed E-state index contributed by atoms with van der Waals surface area (Å²) in [5.41, 5.74) is 1.27. The lowest BCUT2D eigenvalue weighted by Gasteiger charge is -2.13. The summed E-state index contributed by atoms with van der Waals surface area (Å²) >= 11 is 0. The van der Waals surface area contributed by atoms with Gasteiger partial charge in [-0.3, -0.25) is 4.79 Å². The summed E-state index contributed by atoms with van der Waals surface area (Å²) in [7, 11) is -4.97. The van der Waals surface area contributed by atoms with E-state index in [1.165, 1.54) is 10.9 Å². The second-order valence-electron chi connectivity index (χ2n) is 4.38. The number of rotatable bonds is 6. The molecule has 0 radical (unpaired) electrons. The van der Waals surface area contributed by atoms with Crippen LogP contribution >= 0.6 is 0 Å². The number of aromatic amines is 1. The van der Waals surface area contributed by atoms with Gasteiger partial charge >= 0.3 is 11.7 Å². The number of hydrogen-bond acceptors (Lipinski definition) is 3. The van der Waals surface area contributed by atoms with Crippen LogP contribution in [-0.2, 0) is 21.2 Å². The maximum absolute atomic E-state index is 12.3. The van der Waals surface area contributed by atoms with Crippen LogP contribution in [0.25, 0.3) is 10.9 Å². The van der Waals surface area contributed by atoms with E-state index in [2.05, 4.69) is 4.98 Å². The molecule has 9 heteroatoms. The lowest BCUT2D eigenvalue weighted by atomic mass is 10.1. The monoisotopic (exact) mass is 318 g/mol. The SMILES string of the molecule is O=C(O)[C@@H](Cc1c[nH]c2ccccc12)NS(=O)(=O)C(F)F. The van der Waals surface area contributed by atoms with Crippen LogP contribution in [0.4, 0.5) is 8.78 Å². The molecule has 0 unspecified atom stereocenters. The standard InChI is InChI=1S/C12H12F2N2O4S/c13-12(14)21(19,20)16-10(11(17)18)5-7-6-15-9-4-2-1-3-8(7)9/h1-4,6,10,12,15-16H,5H2,(H,17,18)/t10-/m1/s1. The lowest BCUT2D eigenvalue weighted by Crippen LogP contribution is -2.44. The molecule has 2 aromatic rings. The van der Waals surface area contributed by atoms with E-state index < -0.39 is 27.8 Å². The Bertz CT molecular complexity index is 757. The van der Waals surface area contributed by atoms with Gasteiger partial charge in [0, 0.05) is 23.5 Å². The van der Waals surface area contributed by atoms with Crippen molar-refractivity contribution in [3.63, 3.8) is 0 Å². The van der Waals surface area contributed by atoms with Crippen LogP contribution in [0, 0.1) is 0 Å². The van der Waals surface area contributed by atoms with Gasteiger partial charge in [-0.25, -0.2) is 8.42 Å². The number of aliphatic carboxylic acids is 1. The minimum atomic E-state index is -4.97. The molecule has 114 valence electrons. The summed E-state index contributed by atoms with van der Waals surface area (Å²) < 4.78 is 48.4. The van der Waals surface area contributed by atoms with Gasteiger partial charge in [0.1, 0.15) is 6.04 Å². The number of para-hydroxylation sites is 1. The van der Waals surface area contributed by atoms with Crippen molar-refractivity contribution in [2.45, 2.75) is 18.2 Å². The smallest absolute Gasteiger partial charge is 0.350 e. The maximum atomic E-state index is 12.3. The van der Waals surface area contributed by atoms with E-state index in [4.69, 9.17) is 5.11 Å². The molecule has 2 rings (SSSR count). The summed E-state index contributed by atoms with van der Waals surface area (Å²) in [6.07, 6.45) is 1.28. The predicted octanol–water partition coefficient (Wildman–Crippen LogP) is 1.31. The van der Waals surface area contributed by atoms with Gasteiger partial charge in [0.2, 0.25) is 0 Å².